The van der Waals surface area contributed by atoms with Crippen LogP contribution >= 0.6 is 0 Å². The molecular formula is C18H25FN2O4. The highest BCUT2D eigenvalue weighted by molar-refractivity contribution is 5.93. The largest absolute Gasteiger partial charge is 0.465 e. The van der Waals surface area contributed by atoms with Crippen molar-refractivity contribution in [2.24, 2.45) is 5.92 Å². The third-order valence-electron chi connectivity index (χ3n) is 4.48. The lowest BCUT2D eigenvalue weighted by Crippen LogP contribution is -2.37. The van der Waals surface area contributed by atoms with Crippen molar-refractivity contribution >= 4 is 12.0 Å². The second-order valence-corrected chi connectivity index (χ2v) is 6.27. The van der Waals surface area contributed by atoms with Crippen LogP contribution in [0, 0.1) is 11.7 Å². The van der Waals surface area contributed by atoms with E-state index < -0.39 is 6.09 Å². The third-order valence-corrected chi connectivity index (χ3v) is 4.48. The standard InChI is InChI=1S/C18H25FN2O4/c19-16-6-4-15(5-7-16)17(22)20-13-25-12-2-1-3-14-8-10-21(11-9-14)18(23)24/h4-7,14H,1-3,8-13H2,(H,20,22)(H,23,24). The van der Waals surface area contributed by atoms with Crippen molar-refractivity contribution in [1.29, 1.82) is 0 Å². The Labute approximate surface area is 147 Å². The molecule has 1 heterocycles. The molecule has 25 heavy (non-hydrogen) atoms. The quantitative estimate of drug-likeness (QED) is 0.557. The molecule has 1 fully saturated rings. The molecule has 6 nitrogen and oxygen atoms in total. The van der Waals surface area contributed by atoms with Crippen LogP contribution in [0.25, 0.3) is 0 Å². The molecule has 0 unspecified atom stereocenters. The molecule has 1 aromatic rings. The van der Waals surface area contributed by atoms with Crippen LogP contribution in [-0.2, 0) is 4.74 Å². The number of halogens is 1. The fourth-order valence-electron chi connectivity index (χ4n) is 2.94. The van der Waals surface area contributed by atoms with Gasteiger partial charge in [0.2, 0.25) is 0 Å². The molecule has 2 N–H and O–H groups in total. The molecule has 1 aliphatic rings. The molecule has 2 rings (SSSR count). The molecule has 1 aliphatic heterocycles. The number of likely N-dealkylation sites (tertiary alicyclic amines) is 1. The molecule has 1 aromatic carbocycles. The lowest BCUT2D eigenvalue weighted by atomic mass is 9.92. The van der Waals surface area contributed by atoms with E-state index in [1.54, 1.807) is 0 Å². The number of benzene rings is 1. The van der Waals surface area contributed by atoms with Crippen LogP contribution in [0.15, 0.2) is 24.3 Å². The summed E-state index contributed by atoms with van der Waals surface area (Å²) in [7, 11) is 0. The summed E-state index contributed by atoms with van der Waals surface area (Å²) in [5.41, 5.74) is 0.401. The Balaban J connectivity index is 1.48. The molecule has 2 amide bonds. The first-order chi connectivity index (χ1) is 12.1. The van der Waals surface area contributed by atoms with Gasteiger partial charge in [0, 0.05) is 25.3 Å². The van der Waals surface area contributed by atoms with Gasteiger partial charge in [-0.05, 0) is 49.4 Å². The van der Waals surface area contributed by atoms with Crippen molar-refractivity contribution in [2.45, 2.75) is 32.1 Å². The monoisotopic (exact) mass is 352 g/mol. The Bertz CT molecular complexity index is 557. The molecule has 1 saturated heterocycles. The Hall–Kier alpha value is -2.15. The van der Waals surface area contributed by atoms with Gasteiger partial charge in [-0.15, -0.1) is 0 Å². The molecule has 0 saturated carbocycles. The van der Waals surface area contributed by atoms with E-state index in [0.717, 1.165) is 32.1 Å². The van der Waals surface area contributed by atoms with Crippen molar-refractivity contribution in [3.8, 4) is 0 Å². The number of carboxylic acid groups (broad SMARTS) is 1. The number of hydrogen-bond donors (Lipinski definition) is 2. The Kier molecular flexibility index (Phi) is 7.66. The lowest BCUT2D eigenvalue weighted by molar-refractivity contribution is 0.0779. The number of hydrogen-bond acceptors (Lipinski definition) is 3. The van der Waals surface area contributed by atoms with Gasteiger partial charge in [-0.2, -0.15) is 0 Å². The first kappa shape index (κ1) is 19.2. The second kappa shape index (κ2) is 9.98. The van der Waals surface area contributed by atoms with Crippen molar-refractivity contribution < 1.29 is 23.8 Å². The maximum absolute atomic E-state index is 12.8. The average Bonchev–Trinajstić information content (AvgIpc) is 2.61. The summed E-state index contributed by atoms with van der Waals surface area (Å²) in [6.07, 6.45) is 4.06. The summed E-state index contributed by atoms with van der Waals surface area (Å²) in [5.74, 6) is -0.0691. The first-order valence-electron chi connectivity index (χ1n) is 8.65. The zero-order chi connectivity index (χ0) is 18.1. The fraction of sp³-hybridized carbons (Fsp3) is 0.556. The number of nitrogens with zero attached hydrogens (tertiary/aromatic N) is 1. The molecule has 0 bridgehead atoms. The summed E-state index contributed by atoms with van der Waals surface area (Å²) < 4.78 is 18.2. The van der Waals surface area contributed by atoms with Crippen molar-refractivity contribution in [3.63, 3.8) is 0 Å². The minimum atomic E-state index is -0.825. The zero-order valence-corrected chi connectivity index (χ0v) is 14.2. The Morgan fingerprint density at radius 3 is 2.52 bits per heavy atom. The van der Waals surface area contributed by atoms with E-state index >= 15 is 0 Å². The smallest absolute Gasteiger partial charge is 0.407 e. The van der Waals surface area contributed by atoms with Crippen LogP contribution in [0.4, 0.5) is 9.18 Å². The predicted molar refractivity (Wildman–Crippen MR) is 90.9 cm³/mol. The van der Waals surface area contributed by atoms with Gasteiger partial charge >= 0.3 is 6.09 Å². The maximum atomic E-state index is 12.8. The predicted octanol–water partition coefficient (Wildman–Crippen LogP) is 3.09. The molecule has 0 atom stereocenters. The minimum Gasteiger partial charge on any atom is -0.465 e. The van der Waals surface area contributed by atoms with Gasteiger partial charge in [0.15, 0.2) is 0 Å². The molecule has 0 aliphatic carbocycles. The summed E-state index contributed by atoms with van der Waals surface area (Å²) in [4.78, 5) is 24.1. The minimum absolute atomic E-state index is 0.132. The van der Waals surface area contributed by atoms with Gasteiger partial charge in [-0.1, -0.05) is 12.8 Å². The summed E-state index contributed by atoms with van der Waals surface area (Å²) in [6.45, 7) is 1.96. The highest BCUT2D eigenvalue weighted by atomic mass is 19.1. The summed E-state index contributed by atoms with van der Waals surface area (Å²) in [6, 6.07) is 5.36. The Morgan fingerprint density at radius 2 is 1.88 bits per heavy atom. The van der Waals surface area contributed by atoms with Gasteiger partial charge in [0.25, 0.3) is 5.91 Å². The molecule has 138 valence electrons. The molecule has 0 aromatic heterocycles. The SMILES string of the molecule is O=C(NCOCCCCC1CCN(C(=O)O)CC1)c1ccc(F)cc1. The van der Waals surface area contributed by atoms with Gasteiger partial charge in [0.05, 0.1) is 0 Å². The van der Waals surface area contributed by atoms with Gasteiger partial charge in [-0.25, -0.2) is 9.18 Å². The summed E-state index contributed by atoms with van der Waals surface area (Å²) in [5, 5.41) is 11.5. The van der Waals surface area contributed by atoms with Crippen LogP contribution in [0.3, 0.4) is 0 Å². The van der Waals surface area contributed by atoms with Crippen molar-refractivity contribution in [3.05, 3.63) is 35.6 Å². The lowest BCUT2D eigenvalue weighted by Gasteiger charge is -2.29. The zero-order valence-electron chi connectivity index (χ0n) is 14.2. The van der Waals surface area contributed by atoms with Gasteiger partial charge in [0.1, 0.15) is 12.5 Å². The molecule has 0 radical (unpaired) electrons. The van der Waals surface area contributed by atoms with Gasteiger partial charge < -0.3 is 20.1 Å². The van der Waals surface area contributed by atoms with E-state index in [2.05, 4.69) is 5.32 Å². The van der Waals surface area contributed by atoms with E-state index in [0.29, 0.717) is 31.2 Å². The first-order valence-corrected chi connectivity index (χ1v) is 8.65. The number of nitrogens with one attached hydrogen (secondary N) is 1. The van der Waals surface area contributed by atoms with Crippen LogP contribution in [0.5, 0.6) is 0 Å². The van der Waals surface area contributed by atoms with E-state index in [4.69, 9.17) is 9.84 Å². The van der Waals surface area contributed by atoms with Crippen LogP contribution in [-0.4, -0.2) is 48.4 Å². The van der Waals surface area contributed by atoms with Crippen LogP contribution in [0.1, 0.15) is 42.5 Å². The van der Waals surface area contributed by atoms with E-state index in [9.17, 15) is 14.0 Å². The highest BCUT2D eigenvalue weighted by Gasteiger charge is 2.21. The van der Waals surface area contributed by atoms with E-state index in [1.807, 2.05) is 0 Å². The number of carbonyl (C=O) groups excluding carboxylic acids is 1. The molecule has 0 spiro atoms. The van der Waals surface area contributed by atoms with Crippen LogP contribution in [0.2, 0.25) is 0 Å². The summed E-state index contributed by atoms with van der Waals surface area (Å²) >= 11 is 0. The van der Waals surface area contributed by atoms with Crippen molar-refractivity contribution in [1.82, 2.24) is 10.2 Å². The second-order valence-electron chi connectivity index (χ2n) is 6.27. The highest BCUT2D eigenvalue weighted by Crippen LogP contribution is 2.22. The fourth-order valence-corrected chi connectivity index (χ4v) is 2.94. The normalized spacial score (nSPS) is 15.2. The van der Waals surface area contributed by atoms with E-state index in [1.165, 1.54) is 29.2 Å². The number of piperidine rings is 1. The molecule has 7 heteroatoms. The number of carbonyl (C=O) groups is 2. The molecular weight excluding hydrogens is 327 g/mol. The van der Waals surface area contributed by atoms with Gasteiger partial charge in [-0.3, -0.25) is 4.79 Å². The number of ether oxygens (including phenoxy) is 1. The topological polar surface area (TPSA) is 78.9 Å². The average molecular weight is 352 g/mol. The number of unbranched alkanes of at least 4 members (excludes halogenated alkanes) is 1. The van der Waals surface area contributed by atoms with E-state index in [-0.39, 0.29) is 18.5 Å². The number of rotatable bonds is 8. The van der Waals surface area contributed by atoms with Crippen molar-refractivity contribution in [2.75, 3.05) is 26.4 Å². The third kappa shape index (κ3) is 6.70. The van der Waals surface area contributed by atoms with Crippen LogP contribution < -0.4 is 5.32 Å². The maximum Gasteiger partial charge on any atom is 0.407 e. The number of amides is 2. The Morgan fingerprint density at radius 1 is 1.20 bits per heavy atom.